The Hall–Kier alpha value is -6.80. The van der Waals surface area contributed by atoms with E-state index < -0.39 is 5.41 Å². The predicted molar refractivity (Wildman–Crippen MR) is 228 cm³/mol. The topological polar surface area (TPSA) is 60.8 Å². The van der Waals surface area contributed by atoms with E-state index in [-0.39, 0.29) is 0 Å². The fourth-order valence-corrected chi connectivity index (χ4v) is 10.6. The van der Waals surface area contributed by atoms with Gasteiger partial charge >= 0.3 is 0 Å². The van der Waals surface area contributed by atoms with Crippen molar-refractivity contribution in [2.45, 2.75) is 5.41 Å². The molecular formula is C49H28N4OS2. The maximum Gasteiger partial charge on any atom is 0.132 e. The summed E-state index contributed by atoms with van der Waals surface area (Å²) < 4.78 is 8.79. The molecule has 7 heteroatoms. The van der Waals surface area contributed by atoms with Gasteiger partial charge in [-0.3, -0.25) is 9.97 Å². The summed E-state index contributed by atoms with van der Waals surface area (Å²) in [4.78, 5) is 18.6. The first-order valence-corrected chi connectivity index (χ1v) is 20.1. The minimum atomic E-state index is -0.502. The second-order valence-corrected chi connectivity index (χ2v) is 16.3. The summed E-state index contributed by atoms with van der Waals surface area (Å²) in [6, 6.07) is 52.6. The Kier molecular flexibility index (Phi) is 6.82. The average Bonchev–Trinajstić information content (AvgIpc) is 3.98. The molecular weight excluding hydrogens is 725 g/mol. The third-order valence-corrected chi connectivity index (χ3v) is 13.4. The van der Waals surface area contributed by atoms with Gasteiger partial charge in [0, 0.05) is 34.6 Å². The van der Waals surface area contributed by atoms with Crippen LogP contribution in [0.1, 0.15) is 22.3 Å². The smallest absolute Gasteiger partial charge is 0.132 e. The fraction of sp³-hybridized carbons (Fsp3) is 0.0204. The largest absolute Gasteiger partial charge is 0.457 e. The van der Waals surface area contributed by atoms with E-state index in [1.165, 1.54) is 38.9 Å². The molecule has 0 radical (unpaired) electrons. The van der Waals surface area contributed by atoms with Crippen LogP contribution in [0, 0.1) is 0 Å². The van der Waals surface area contributed by atoms with Gasteiger partial charge in [0.2, 0.25) is 0 Å². The second-order valence-electron chi connectivity index (χ2n) is 14.3. The van der Waals surface area contributed by atoms with Crippen LogP contribution >= 0.6 is 22.7 Å². The Balaban J connectivity index is 0.991. The van der Waals surface area contributed by atoms with Crippen LogP contribution in [-0.2, 0) is 5.41 Å². The van der Waals surface area contributed by atoms with E-state index in [2.05, 4.69) is 143 Å². The van der Waals surface area contributed by atoms with Gasteiger partial charge in [-0.1, -0.05) is 97.1 Å². The first kappa shape index (κ1) is 31.5. The van der Waals surface area contributed by atoms with Gasteiger partial charge in [0.15, 0.2) is 0 Å². The van der Waals surface area contributed by atoms with Gasteiger partial charge in [0.25, 0.3) is 0 Å². The molecule has 5 heterocycles. The number of ether oxygens (including phenoxy) is 1. The number of hydrogen-bond acceptors (Lipinski definition) is 7. The Morgan fingerprint density at radius 2 is 0.911 bits per heavy atom. The standard InChI is InChI=1S/C49H28N4OS2/c1-2-8-37-35(7-1)36-18-17-31(26-40(36)49(37)38-9-3-5-11-43(38)54-44-12-6-4-10-39(44)49)29-13-15-30(16-14-29)32-23-33(47-52-41-27-50-21-19-45(41)55-47)25-34(24-32)48-53-42-28-51-22-20-46(42)56-48/h1-28H. The van der Waals surface area contributed by atoms with Gasteiger partial charge in [-0.25, -0.2) is 9.97 Å². The lowest BCUT2D eigenvalue weighted by Crippen LogP contribution is -2.32. The van der Waals surface area contributed by atoms with Crippen molar-refractivity contribution in [3.63, 3.8) is 0 Å². The van der Waals surface area contributed by atoms with Crippen molar-refractivity contribution in [3.8, 4) is 66.0 Å². The number of para-hydroxylation sites is 2. The summed E-state index contributed by atoms with van der Waals surface area (Å²) in [7, 11) is 0. The Morgan fingerprint density at radius 1 is 0.411 bits per heavy atom. The van der Waals surface area contributed by atoms with Crippen molar-refractivity contribution in [1.29, 1.82) is 0 Å². The molecule has 0 saturated heterocycles. The lowest BCUT2D eigenvalue weighted by atomic mass is 9.66. The summed E-state index contributed by atoms with van der Waals surface area (Å²) in [5.74, 6) is 1.80. The lowest BCUT2D eigenvalue weighted by Gasteiger charge is -2.39. The third-order valence-electron chi connectivity index (χ3n) is 11.2. The van der Waals surface area contributed by atoms with Crippen molar-refractivity contribution in [1.82, 2.24) is 19.9 Å². The summed E-state index contributed by atoms with van der Waals surface area (Å²) in [6.45, 7) is 0. The molecule has 12 rings (SSSR count). The Morgan fingerprint density at radius 3 is 1.52 bits per heavy atom. The van der Waals surface area contributed by atoms with E-state index in [0.29, 0.717) is 0 Å². The number of rotatable bonds is 4. The van der Waals surface area contributed by atoms with Gasteiger partial charge < -0.3 is 4.74 Å². The van der Waals surface area contributed by atoms with E-state index in [1.54, 1.807) is 22.7 Å². The lowest BCUT2D eigenvalue weighted by molar-refractivity contribution is 0.436. The zero-order valence-corrected chi connectivity index (χ0v) is 31.3. The van der Waals surface area contributed by atoms with Crippen molar-refractivity contribution >= 4 is 43.1 Å². The first-order chi connectivity index (χ1) is 27.7. The van der Waals surface area contributed by atoms with Crippen LogP contribution < -0.4 is 4.74 Å². The molecule has 0 unspecified atom stereocenters. The molecule has 0 bridgehead atoms. The quantitative estimate of drug-likeness (QED) is 0.179. The maximum atomic E-state index is 6.56. The molecule has 6 aromatic carbocycles. The van der Waals surface area contributed by atoms with Gasteiger partial charge in [-0.2, -0.15) is 0 Å². The molecule has 5 nitrogen and oxygen atoms in total. The highest BCUT2D eigenvalue weighted by Gasteiger charge is 2.51. The van der Waals surface area contributed by atoms with E-state index in [9.17, 15) is 0 Å². The summed E-state index contributed by atoms with van der Waals surface area (Å²) in [5.41, 5.74) is 15.4. The number of hydrogen-bond donors (Lipinski definition) is 0. The molecule has 1 aliphatic heterocycles. The molecule has 2 aliphatic rings. The Bertz CT molecular complexity index is 3000. The number of pyridine rings is 2. The van der Waals surface area contributed by atoms with Crippen LogP contribution in [0.3, 0.4) is 0 Å². The average molecular weight is 753 g/mol. The highest BCUT2D eigenvalue weighted by molar-refractivity contribution is 7.22. The zero-order chi connectivity index (χ0) is 36.8. The number of aromatic nitrogens is 4. The van der Waals surface area contributed by atoms with Crippen molar-refractivity contribution < 1.29 is 4.74 Å². The molecule has 1 spiro atoms. The van der Waals surface area contributed by atoms with E-state index in [1.807, 2.05) is 36.9 Å². The molecule has 0 atom stereocenters. The van der Waals surface area contributed by atoms with E-state index >= 15 is 0 Å². The van der Waals surface area contributed by atoms with E-state index in [4.69, 9.17) is 14.7 Å². The molecule has 0 N–H and O–H groups in total. The fourth-order valence-electron chi connectivity index (χ4n) is 8.74. The van der Waals surface area contributed by atoms with Crippen LogP contribution in [0.25, 0.3) is 75.0 Å². The minimum Gasteiger partial charge on any atom is -0.457 e. The molecule has 56 heavy (non-hydrogen) atoms. The van der Waals surface area contributed by atoms with Gasteiger partial charge in [0.1, 0.15) is 32.5 Å². The highest BCUT2D eigenvalue weighted by atomic mass is 32.1. The molecule has 0 amide bonds. The third kappa shape index (κ3) is 4.65. The molecule has 0 saturated carbocycles. The van der Waals surface area contributed by atoms with Crippen molar-refractivity contribution in [2.24, 2.45) is 0 Å². The number of benzene rings is 6. The number of fused-ring (bicyclic) bond motifs is 11. The molecule has 1 aliphatic carbocycles. The molecule has 0 fully saturated rings. The highest BCUT2D eigenvalue weighted by Crippen LogP contribution is 2.62. The zero-order valence-electron chi connectivity index (χ0n) is 29.7. The number of nitrogens with zero attached hydrogens (tertiary/aromatic N) is 4. The van der Waals surface area contributed by atoms with Crippen molar-refractivity contribution in [2.75, 3.05) is 0 Å². The SMILES string of the molecule is c1ccc2c(c1)Oc1ccccc1C21c2ccccc2-c2ccc(-c3ccc(-c4cc(-c5nc6cnccc6s5)cc(-c5nc6cnccc6s5)c4)cc3)cc21. The maximum absolute atomic E-state index is 6.56. The molecule has 262 valence electrons. The summed E-state index contributed by atoms with van der Waals surface area (Å²) >= 11 is 3.37. The Labute approximate surface area is 330 Å². The molecule has 10 aromatic rings. The summed E-state index contributed by atoms with van der Waals surface area (Å²) in [6.07, 6.45) is 7.31. The van der Waals surface area contributed by atoms with Gasteiger partial charge in [0.05, 0.1) is 27.2 Å². The van der Waals surface area contributed by atoms with Gasteiger partial charge in [-0.15, -0.1) is 22.7 Å². The van der Waals surface area contributed by atoms with Crippen LogP contribution in [0.5, 0.6) is 11.5 Å². The van der Waals surface area contributed by atoms with Crippen LogP contribution in [0.4, 0.5) is 0 Å². The first-order valence-electron chi connectivity index (χ1n) is 18.5. The normalized spacial score (nSPS) is 13.3. The van der Waals surface area contributed by atoms with Crippen molar-refractivity contribution in [3.05, 3.63) is 193 Å². The van der Waals surface area contributed by atoms with Crippen LogP contribution in [-0.4, -0.2) is 19.9 Å². The second kappa shape index (κ2) is 12.1. The predicted octanol–water partition coefficient (Wildman–Crippen LogP) is 12.8. The minimum absolute atomic E-state index is 0.502. The number of thiazole rings is 2. The van der Waals surface area contributed by atoms with Crippen LogP contribution in [0.15, 0.2) is 170 Å². The molecule has 4 aromatic heterocycles. The van der Waals surface area contributed by atoms with E-state index in [0.717, 1.165) is 69.8 Å². The summed E-state index contributed by atoms with van der Waals surface area (Å²) in [5, 5.41) is 1.92. The van der Waals surface area contributed by atoms with Gasteiger partial charge in [-0.05, 0) is 93.0 Å². The van der Waals surface area contributed by atoms with Crippen LogP contribution in [0.2, 0.25) is 0 Å². The monoisotopic (exact) mass is 752 g/mol.